The molecule has 1 aromatic rings. The SMILES string of the molecule is Cc1c(C(C#N)N2CCN(C)CC2)ncn1C. The van der Waals surface area contributed by atoms with E-state index >= 15 is 0 Å². The maximum absolute atomic E-state index is 9.38. The van der Waals surface area contributed by atoms with E-state index in [2.05, 4.69) is 27.9 Å². The van der Waals surface area contributed by atoms with Crippen LogP contribution in [0.3, 0.4) is 0 Å². The summed E-state index contributed by atoms with van der Waals surface area (Å²) in [6.07, 6.45) is 1.78. The summed E-state index contributed by atoms with van der Waals surface area (Å²) in [4.78, 5) is 8.87. The van der Waals surface area contributed by atoms with Gasteiger partial charge in [0.15, 0.2) is 0 Å². The molecule has 0 radical (unpaired) electrons. The molecule has 1 saturated heterocycles. The van der Waals surface area contributed by atoms with Gasteiger partial charge in [-0.15, -0.1) is 0 Å². The Labute approximate surface area is 102 Å². The Morgan fingerprint density at radius 2 is 1.94 bits per heavy atom. The molecule has 0 amide bonds. The zero-order chi connectivity index (χ0) is 12.4. The van der Waals surface area contributed by atoms with Gasteiger partial charge in [-0.25, -0.2) is 4.98 Å². The highest BCUT2D eigenvalue weighted by Gasteiger charge is 2.26. The number of hydrogen-bond donors (Lipinski definition) is 0. The molecule has 17 heavy (non-hydrogen) atoms. The number of piperazine rings is 1. The molecule has 1 unspecified atom stereocenters. The average molecular weight is 233 g/mol. The molecule has 1 aliphatic heterocycles. The molecule has 0 aromatic carbocycles. The highest BCUT2D eigenvalue weighted by Crippen LogP contribution is 2.22. The number of rotatable bonds is 2. The Bertz CT molecular complexity index is 423. The minimum atomic E-state index is -0.204. The summed E-state index contributed by atoms with van der Waals surface area (Å²) in [6.45, 7) is 5.92. The summed E-state index contributed by atoms with van der Waals surface area (Å²) < 4.78 is 1.97. The smallest absolute Gasteiger partial charge is 0.142 e. The zero-order valence-corrected chi connectivity index (χ0v) is 10.7. The summed E-state index contributed by atoms with van der Waals surface area (Å²) in [7, 11) is 4.08. The lowest BCUT2D eigenvalue weighted by Crippen LogP contribution is -2.45. The van der Waals surface area contributed by atoms with Crippen LogP contribution in [0.2, 0.25) is 0 Å². The van der Waals surface area contributed by atoms with Gasteiger partial charge in [0, 0.05) is 38.9 Å². The molecule has 1 fully saturated rings. The number of imidazole rings is 1. The second kappa shape index (κ2) is 4.86. The van der Waals surface area contributed by atoms with Gasteiger partial charge < -0.3 is 9.47 Å². The van der Waals surface area contributed by atoms with Crippen LogP contribution in [-0.2, 0) is 7.05 Å². The number of nitrogens with zero attached hydrogens (tertiary/aromatic N) is 5. The third kappa shape index (κ3) is 2.33. The van der Waals surface area contributed by atoms with Gasteiger partial charge in [-0.2, -0.15) is 5.26 Å². The second-order valence-electron chi connectivity index (χ2n) is 4.70. The van der Waals surface area contributed by atoms with Crippen molar-refractivity contribution in [3.05, 3.63) is 17.7 Å². The number of aryl methyl sites for hydroxylation is 1. The van der Waals surface area contributed by atoms with E-state index in [1.807, 2.05) is 18.5 Å². The average Bonchev–Trinajstić information content (AvgIpc) is 2.65. The van der Waals surface area contributed by atoms with Gasteiger partial charge in [-0.05, 0) is 14.0 Å². The molecule has 0 spiro atoms. The van der Waals surface area contributed by atoms with E-state index in [0.29, 0.717) is 0 Å². The van der Waals surface area contributed by atoms with E-state index in [1.54, 1.807) is 6.33 Å². The van der Waals surface area contributed by atoms with Crippen LogP contribution in [0.15, 0.2) is 6.33 Å². The minimum absolute atomic E-state index is 0.204. The summed E-state index contributed by atoms with van der Waals surface area (Å²) in [6, 6.07) is 2.18. The summed E-state index contributed by atoms with van der Waals surface area (Å²) in [5.41, 5.74) is 1.98. The van der Waals surface area contributed by atoms with Crippen LogP contribution in [0.5, 0.6) is 0 Å². The number of nitriles is 1. The van der Waals surface area contributed by atoms with Crippen molar-refractivity contribution in [1.82, 2.24) is 19.4 Å². The third-order valence-corrected chi connectivity index (χ3v) is 3.55. The first-order valence-electron chi connectivity index (χ1n) is 5.93. The van der Waals surface area contributed by atoms with E-state index in [4.69, 9.17) is 0 Å². The Hall–Kier alpha value is -1.38. The Morgan fingerprint density at radius 1 is 1.29 bits per heavy atom. The van der Waals surface area contributed by atoms with Crippen LogP contribution in [0.25, 0.3) is 0 Å². The summed E-state index contributed by atoms with van der Waals surface area (Å²) in [5.74, 6) is 0. The molecule has 1 atom stereocenters. The first-order chi connectivity index (χ1) is 8.13. The van der Waals surface area contributed by atoms with Gasteiger partial charge >= 0.3 is 0 Å². The number of likely N-dealkylation sites (N-methyl/N-ethyl adjacent to an activating group) is 1. The molecule has 1 aromatic heterocycles. The molecule has 92 valence electrons. The molecule has 0 bridgehead atoms. The first-order valence-corrected chi connectivity index (χ1v) is 5.93. The number of aromatic nitrogens is 2. The Morgan fingerprint density at radius 3 is 2.41 bits per heavy atom. The molecule has 0 N–H and O–H groups in total. The van der Waals surface area contributed by atoms with Crippen molar-refractivity contribution in [2.75, 3.05) is 33.2 Å². The molecule has 2 rings (SSSR count). The maximum atomic E-state index is 9.38. The largest absolute Gasteiger partial charge is 0.338 e. The molecule has 2 heterocycles. The fraction of sp³-hybridized carbons (Fsp3) is 0.667. The van der Waals surface area contributed by atoms with Crippen LogP contribution in [0, 0.1) is 18.3 Å². The van der Waals surface area contributed by atoms with Crippen molar-refractivity contribution in [3.63, 3.8) is 0 Å². The fourth-order valence-corrected chi connectivity index (χ4v) is 2.17. The standard InChI is InChI=1S/C12H19N5/c1-10-12(14-9-16(10)3)11(8-13)17-6-4-15(2)5-7-17/h9,11H,4-7H2,1-3H3. The first kappa shape index (κ1) is 12.1. The fourth-order valence-electron chi connectivity index (χ4n) is 2.17. The lowest BCUT2D eigenvalue weighted by atomic mass is 10.1. The van der Waals surface area contributed by atoms with E-state index in [0.717, 1.165) is 37.6 Å². The van der Waals surface area contributed by atoms with Gasteiger partial charge in [-0.1, -0.05) is 0 Å². The van der Waals surface area contributed by atoms with Gasteiger partial charge in [0.05, 0.1) is 18.1 Å². The van der Waals surface area contributed by atoms with Gasteiger partial charge in [0.2, 0.25) is 0 Å². The van der Waals surface area contributed by atoms with Crippen molar-refractivity contribution < 1.29 is 0 Å². The van der Waals surface area contributed by atoms with E-state index in [9.17, 15) is 5.26 Å². The molecule has 1 aliphatic rings. The minimum Gasteiger partial charge on any atom is -0.338 e. The lowest BCUT2D eigenvalue weighted by molar-refractivity contribution is 0.131. The monoisotopic (exact) mass is 233 g/mol. The predicted molar refractivity (Wildman–Crippen MR) is 65.4 cm³/mol. The van der Waals surface area contributed by atoms with Crippen LogP contribution in [-0.4, -0.2) is 52.6 Å². The second-order valence-corrected chi connectivity index (χ2v) is 4.70. The van der Waals surface area contributed by atoms with Crippen LogP contribution in [0.4, 0.5) is 0 Å². The molecular weight excluding hydrogens is 214 g/mol. The van der Waals surface area contributed by atoms with Gasteiger partial charge in [0.25, 0.3) is 0 Å². The maximum Gasteiger partial charge on any atom is 0.142 e. The van der Waals surface area contributed by atoms with Crippen molar-refractivity contribution in [2.45, 2.75) is 13.0 Å². The number of hydrogen-bond acceptors (Lipinski definition) is 4. The summed E-state index contributed by atoms with van der Waals surface area (Å²) >= 11 is 0. The van der Waals surface area contributed by atoms with Gasteiger partial charge in [-0.3, -0.25) is 4.90 Å². The molecule has 0 saturated carbocycles. The molecular formula is C12H19N5. The van der Waals surface area contributed by atoms with Crippen LogP contribution < -0.4 is 0 Å². The van der Waals surface area contributed by atoms with Gasteiger partial charge in [0.1, 0.15) is 6.04 Å². The topological polar surface area (TPSA) is 48.1 Å². The molecule has 5 nitrogen and oxygen atoms in total. The summed E-state index contributed by atoms with van der Waals surface area (Å²) in [5, 5.41) is 9.38. The van der Waals surface area contributed by atoms with Crippen molar-refractivity contribution >= 4 is 0 Å². The van der Waals surface area contributed by atoms with Crippen LogP contribution in [0.1, 0.15) is 17.4 Å². The van der Waals surface area contributed by atoms with E-state index in [1.165, 1.54) is 0 Å². The van der Waals surface area contributed by atoms with Crippen molar-refractivity contribution in [2.24, 2.45) is 7.05 Å². The lowest BCUT2D eigenvalue weighted by Gasteiger charge is -2.34. The normalized spacial score (nSPS) is 20.1. The van der Waals surface area contributed by atoms with Crippen molar-refractivity contribution in [3.8, 4) is 6.07 Å². The van der Waals surface area contributed by atoms with E-state index < -0.39 is 0 Å². The van der Waals surface area contributed by atoms with Crippen LogP contribution >= 0.6 is 0 Å². The zero-order valence-electron chi connectivity index (χ0n) is 10.7. The Kier molecular flexibility index (Phi) is 3.46. The van der Waals surface area contributed by atoms with E-state index in [-0.39, 0.29) is 6.04 Å². The quantitative estimate of drug-likeness (QED) is 0.748. The van der Waals surface area contributed by atoms with Crippen molar-refractivity contribution in [1.29, 1.82) is 5.26 Å². The Balaban J connectivity index is 2.17. The third-order valence-electron chi connectivity index (χ3n) is 3.55. The molecule has 5 heteroatoms. The highest BCUT2D eigenvalue weighted by atomic mass is 15.3. The highest BCUT2D eigenvalue weighted by molar-refractivity contribution is 5.21. The predicted octanol–water partition coefficient (Wildman–Crippen LogP) is 0.541. The molecule has 0 aliphatic carbocycles.